The summed E-state index contributed by atoms with van der Waals surface area (Å²) in [5, 5.41) is 4.07. The van der Waals surface area contributed by atoms with E-state index in [4.69, 9.17) is 9.72 Å². The van der Waals surface area contributed by atoms with E-state index in [1.807, 2.05) is 52.8 Å². The van der Waals surface area contributed by atoms with Crippen molar-refractivity contribution in [1.29, 1.82) is 0 Å². The lowest BCUT2D eigenvalue weighted by Crippen LogP contribution is -2.32. The predicted octanol–water partition coefficient (Wildman–Crippen LogP) is 5.59. The highest BCUT2D eigenvalue weighted by molar-refractivity contribution is 9.10. The third-order valence-electron chi connectivity index (χ3n) is 7.12. The zero-order chi connectivity index (χ0) is 25.9. The Morgan fingerprint density at radius 1 is 1.22 bits per heavy atom. The fraction of sp³-hybridized carbons (Fsp3) is 0.464. The molecule has 3 aromatic rings. The van der Waals surface area contributed by atoms with Crippen LogP contribution in [-0.4, -0.2) is 34.2 Å². The number of hydrogen-bond donors (Lipinski definition) is 1. The number of anilines is 2. The molecule has 8 heteroatoms. The topological polar surface area (TPSA) is 76.5 Å². The Balaban J connectivity index is 1.57. The number of halogens is 1. The molecule has 2 aromatic carbocycles. The number of esters is 1. The summed E-state index contributed by atoms with van der Waals surface area (Å²) in [6.45, 7) is 11.5. The predicted molar refractivity (Wildman–Crippen MR) is 147 cm³/mol. The van der Waals surface area contributed by atoms with Crippen LogP contribution in [0.5, 0.6) is 0 Å². The lowest BCUT2D eigenvalue weighted by Gasteiger charge is -2.25. The molecule has 0 radical (unpaired) electrons. The van der Waals surface area contributed by atoms with E-state index in [2.05, 4.69) is 32.2 Å². The molecule has 0 bridgehead atoms. The minimum Gasteiger partial charge on any atom is -0.456 e. The van der Waals surface area contributed by atoms with Gasteiger partial charge in [0.05, 0.1) is 22.5 Å². The van der Waals surface area contributed by atoms with Crippen LogP contribution < -0.4 is 15.8 Å². The number of benzene rings is 2. The van der Waals surface area contributed by atoms with Crippen molar-refractivity contribution in [3.63, 3.8) is 0 Å². The van der Waals surface area contributed by atoms with E-state index in [1.165, 1.54) is 6.42 Å². The van der Waals surface area contributed by atoms with Gasteiger partial charge in [-0.05, 0) is 86.5 Å². The zero-order valence-electron chi connectivity index (χ0n) is 21.7. The summed E-state index contributed by atoms with van der Waals surface area (Å²) in [7, 11) is 1.81. The summed E-state index contributed by atoms with van der Waals surface area (Å²) >= 11 is 3.65. The third kappa shape index (κ3) is 4.51. The van der Waals surface area contributed by atoms with Crippen molar-refractivity contribution < 1.29 is 9.53 Å². The zero-order valence-corrected chi connectivity index (χ0v) is 23.3. The molecule has 1 saturated heterocycles. The van der Waals surface area contributed by atoms with Gasteiger partial charge in [0.15, 0.2) is 0 Å². The van der Waals surface area contributed by atoms with Crippen LogP contribution >= 0.6 is 15.9 Å². The molecule has 2 aliphatic rings. The largest absolute Gasteiger partial charge is 0.456 e. The summed E-state index contributed by atoms with van der Waals surface area (Å²) in [5.41, 5.74) is 3.05. The fourth-order valence-electron chi connectivity index (χ4n) is 5.17. The van der Waals surface area contributed by atoms with E-state index in [-0.39, 0.29) is 17.6 Å². The molecule has 3 atom stereocenters. The monoisotopic (exact) mass is 552 g/mol. The van der Waals surface area contributed by atoms with Crippen LogP contribution in [0, 0.1) is 18.8 Å². The number of aryl methyl sites for hydroxylation is 1. The first-order valence-electron chi connectivity index (χ1n) is 12.5. The van der Waals surface area contributed by atoms with E-state index >= 15 is 0 Å². The maximum absolute atomic E-state index is 13.6. The maximum Gasteiger partial charge on any atom is 0.340 e. The third-order valence-corrected chi connectivity index (χ3v) is 8.15. The molecule has 1 aliphatic carbocycles. The van der Waals surface area contributed by atoms with Gasteiger partial charge in [0.25, 0.3) is 5.56 Å². The highest BCUT2D eigenvalue weighted by Crippen LogP contribution is 2.46. The van der Waals surface area contributed by atoms with Gasteiger partial charge < -0.3 is 15.0 Å². The van der Waals surface area contributed by atoms with Gasteiger partial charge in [-0.2, -0.15) is 0 Å². The van der Waals surface area contributed by atoms with Crippen molar-refractivity contribution in [2.45, 2.75) is 52.7 Å². The normalized spacial score (nSPS) is 19.8. The molecule has 7 nitrogen and oxygen atoms in total. The second-order valence-corrected chi connectivity index (χ2v) is 12.0. The molecule has 1 saturated carbocycles. The number of nitrogens with one attached hydrogen (secondary N) is 1. The van der Waals surface area contributed by atoms with Gasteiger partial charge in [-0.3, -0.25) is 9.36 Å². The van der Waals surface area contributed by atoms with Gasteiger partial charge >= 0.3 is 5.97 Å². The Bertz CT molecular complexity index is 1420. The van der Waals surface area contributed by atoms with E-state index in [9.17, 15) is 9.59 Å². The molecule has 1 aliphatic heterocycles. The summed E-state index contributed by atoms with van der Waals surface area (Å²) in [4.78, 5) is 33.8. The van der Waals surface area contributed by atoms with Crippen LogP contribution in [0.2, 0.25) is 0 Å². The maximum atomic E-state index is 13.6. The fourth-order valence-corrected chi connectivity index (χ4v) is 5.64. The average molecular weight is 554 g/mol. The first kappa shape index (κ1) is 24.8. The Morgan fingerprint density at radius 2 is 1.89 bits per heavy atom. The number of rotatable bonds is 5. The standard InChI is InChI=1S/C28H33BrN4O3/c1-15-11-20(16(2)30-21-10-8-7-9-19(21)26(35)36-28(3,4)5)24-22(23(15)29)25(34)32(6)27(31-24)33-13-17-12-18(17)14-33/h7-11,16-18,30H,12-14H2,1-6H3. The molecule has 190 valence electrons. The number of para-hydroxylation sites is 1. The molecule has 2 heterocycles. The number of hydrogen-bond acceptors (Lipinski definition) is 6. The molecule has 5 rings (SSSR count). The van der Waals surface area contributed by atoms with E-state index in [0.29, 0.717) is 22.2 Å². The number of carbonyl (C=O) groups is 1. The van der Waals surface area contributed by atoms with E-state index in [0.717, 1.165) is 46.5 Å². The number of ether oxygens (including phenoxy) is 1. The Morgan fingerprint density at radius 3 is 2.56 bits per heavy atom. The summed E-state index contributed by atoms with van der Waals surface area (Å²) < 4.78 is 8.07. The molecule has 0 spiro atoms. The van der Waals surface area contributed by atoms with Crippen LogP contribution in [0.4, 0.5) is 11.6 Å². The van der Waals surface area contributed by atoms with Gasteiger partial charge in [-0.25, -0.2) is 9.78 Å². The summed E-state index contributed by atoms with van der Waals surface area (Å²) in [6, 6.07) is 9.20. The number of aromatic nitrogens is 2. The minimum absolute atomic E-state index is 0.0613. The molecular weight excluding hydrogens is 520 g/mol. The molecule has 1 N–H and O–H groups in total. The lowest BCUT2D eigenvalue weighted by molar-refractivity contribution is 0.00706. The number of fused-ring (bicyclic) bond motifs is 2. The van der Waals surface area contributed by atoms with Crippen molar-refractivity contribution in [2.75, 3.05) is 23.3 Å². The second-order valence-electron chi connectivity index (χ2n) is 11.2. The van der Waals surface area contributed by atoms with Crippen molar-refractivity contribution in [1.82, 2.24) is 9.55 Å². The smallest absolute Gasteiger partial charge is 0.340 e. The molecule has 3 unspecified atom stereocenters. The van der Waals surface area contributed by atoms with Crippen LogP contribution in [0.15, 0.2) is 39.6 Å². The molecule has 36 heavy (non-hydrogen) atoms. The van der Waals surface area contributed by atoms with Gasteiger partial charge in [0.2, 0.25) is 5.95 Å². The van der Waals surface area contributed by atoms with Gasteiger partial charge in [0.1, 0.15) is 5.60 Å². The van der Waals surface area contributed by atoms with Gasteiger partial charge in [-0.15, -0.1) is 0 Å². The Hall–Kier alpha value is -2.87. The van der Waals surface area contributed by atoms with Crippen LogP contribution in [0.25, 0.3) is 10.9 Å². The van der Waals surface area contributed by atoms with Crippen LogP contribution in [-0.2, 0) is 11.8 Å². The highest BCUT2D eigenvalue weighted by Gasteiger charge is 2.46. The first-order valence-corrected chi connectivity index (χ1v) is 13.3. The van der Waals surface area contributed by atoms with E-state index in [1.54, 1.807) is 17.7 Å². The van der Waals surface area contributed by atoms with Crippen LogP contribution in [0.3, 0.4) is 0 Å². The SMILES string of the molecule is Cc1cc(C(C)Nc2ccccc2C(=O)OC(C)(C)C)c2nc(N3CC4CC4C3)n(C)c(=O)c2c1Br. The van der Waals surface area contributed by atoms with Gasteiger partial charge in [-0.1, -0.05) is 18.2 Å². The number of piperidine rings is 1. The van der Waals surface area contributed by atoms with Gasteiger partial charge in [0, 0.05) is 35.9 Å². The van der Waals surface area contributed by atoms with Crippen LogP contribution in [0.1, 0.15) is 61.6 Å². The average Bonchev–Trinajstić information content (AvgIpc) is 3.42. The lowest BCUT2D eigenvalue weighted by atomic mass is 10.0. The van der Waals surface area contributed by atoms with Crippen molar-refractivity contribution in [3.05, 3.63) is 61.8 Å². The molecular formula is C28H33BrN4O3. The van der Waals surface area contributed by atoms with Crippen molar-refractivity contribution in [3.8, 4) is 0 Å². The minimum atomic E-state index is -0.592. The quantitative estimate of drug-likeness (QED) is 0.416. The van der Waals surface area contributed by atoms with Crippen molar-refractivity contribution >= 4 is 44.4 Å². The Kier molecular flexibility index (Phi) is 6.14. The molecule has 2 fully saturated rings. The summed E-state index contributed by atoms with van der Waals surface area (Å²) in [5.74, 6) is 1.80. The molecule has 1 aromatic heterocycles. The van der Waals surface area contributed by atoms with E-state index < -0.39 is 5.60 Å². The van der Waals surface area contributed by atoms with Crippen molar-refractivity contribution in [2.24, 2.45) is 18.9 Å². The Labute approximate surface area is 220 Å². The number of nitrogens with zero attached hydrogens (tertiary/aromatic N) is 3. The molecule has 0 amide bonds. The first-order chi connectivity index (χ1) is 16.9. The number of carbonyl (C=O) groups excluding carboxylic acids is 1. The highest BCUT2D eigenvalue weighted by atomic mass is 79.9. The second kappa shape index (κ2) is 8.91. The summed E-state index contributed by atoms with van der Waals surface area (Å²) in [6.07, 6.45) is 1.28.